The first kappa shape index (κ1) is 17.1. The summed E-state index contributed by atoms with van der Waals surface area (Å²) in [6.45, 7) is 8.42. The summed E-state index contributed by atoms with van der Waals surface area (Å²) in [5, 5.41) is 0. The lowest BCUT2D eigenvalue weighted by molar-refractivity contribution is 0.443. The monoisotopic (exact) mass is 213 g/mol. The van der Waals surface area contributed by atoms with Crippen LogP contribution in [-0.4, -0.2) is 0 Å². The highest BCUT2D eigenvalue weighted by Crippen LogP contribution is 2.16. The SMILES string of the molecule is C=CCCCCCCC(C)CCCC.N. The predicted molar refractivity (Wildman–Crippen MR) is 71.6 cm³/mol. The highest BCUT2D eigenvalue weighted by atomic mass is 14.1. The summed E-state index contributed by atoms with van der Waals surface area (Å²) < 4.78 is 0. The van der Waals surface area contributed by atoms with Gasteiger partial charge in [-0.2, -0.15) is 0 Å². The van der Waals surface area contributed by atoms with Gasteiger partial charge in [0.05, 0.1) is 0 Å². The molecule has 0 aliphatic heterocycles. The van der Waals surface area contributed by atoms with Crippen LogP contribution in [0.3, 0.4) is 0 Å². The van der Waals surface area contributed by atoms with E-state index in [2.05, 4.69) is 20.4 Å². The minimum absolute atomic E-state index is 0. The Balaban J connectivity index is 0. The number of hydrogen-bond donors (Lipinski definition) is 1. The number of rotatable bonds is 10. The maximum atomic E-state index is 3.74. The molecule has 0 bridgehead atoms. The van der Waals surface area contributed by atoms with Gasteiger partial charge in [-0.05, 0) is 18.8 Å². The Morgan fingerprint density at radius 2 is 1.60 bits per heavy atom. The zero-order valence-electron chi connectivity index (χ0n) is 10.9. The predicted octanol–water partition coefficient (Wildman–Crippen LogP) is 5.50. The van der Waals surface area contributed by atoms with E-state index in [0.717, 1.165) is 5.92 Å². The zero-order valence-corrected chi connectivity index (χ0v) is 10.9. The van der Waals surface area contributed by atoms with Crippen LogP contribution in [0.4, 0.5) is 0 Å². The molecule has 0 radical (unpaired) electrons. The molecule has 15 heavy (non-hydrogen) atoms. The third kappa shape index (κ3) is 13.7. The van der Waals surface area contributed by atoms with E-state index >= 15 is 0 Å². The van der Waals surface area contributed by atoms with Gasteiger partial charge in [0, 0.05) is 0 Å². The molecule has 0 saturated carbocycles. The summed E-state index contributed by atoms with van der Waals surface area (Å²) in [6, 6.07) is 0. The third-order valence-corrected chi connectivity index (χ3v) is 2.91. The normalized spacial score (nSPS) is 11.9. The van der Waals surface area contributed by atoms with Gasteiger partial charge in [0.2, 0.25) is 0 Å². The quantitative estimate of drug-likeness (QED) is 0.377. The van der Waals surface area contributed by atoms with Gasteiger partial charge >= 0.3 is 0 Å². The molecule has 1 nitrogen and oxygen atoms in total. The molecule has 0 rings (SSSR count). The standard InChI is InChI=1S/C14H28.H3N/c1-4-6-8-9-10-11-13-14(3)12-7-5-2;/h4,14H,1,5-13H2,2-3H3;1H3. The molecule has 0 aromatic rings. The molecule has 3 N–H and O–H groups in total. The fraction of sp³-hybridized carbons (Fsp3) is 0.857. The second kappa shape index (κ2) is 13.7. The van der Waals surface area contributed by atoms with Crippen molar-refractivity contribution in [2.24, 2.45) is 5.92 Å². The van der Waals surface area contributed by atoms with E-state index in [0.29, 0.717) is 0 Å². The Morgan fingerprint density at radius 1 is 1.00 bits per heavy atom. The van der Waals surface area contributed by atoms with Crippen molar-refractivity contribution >= 4 is 0 Å². The Kier molecular flexibility index (Phi) is 15.6. The van der Waals surface area contributed by atoms with Crippen LogP contribution in [0.1, 0.15) is 71.6 Å². The molecule has 0 amide bonds. The molecule has 0 aliphatic carbocycles. The molecule has 1 atom stereocenters. The molecule has 0 aliphatic rings. The fourth-order valence-electron chi connectivity index (χ4n) is 1.83. The second-order valence-electron chi connectivity index (χ2n) is 4.53. The Morgan fingerprint density at radius 3 is 2.20 bits per heavy atom. The van der Waals surface area contributed by atoms with Crippen molar-refractivity contribution < 1.29 is 0 Å². The van der Waals surface area contributed by atoms with E-state index in [1.807, 2.05) is 6.08 Å². The van der Waals surface area contributed by atoms with Crippen molar-refractivity contribution in [3.8, 4) is 0 Å². The van der Waals surface area contributed by atoms with Crippen molar-refractivity contribution in [2.45, 2.75) is 71.6 Å². The maximum absolute atomic E-state index is 3.74. The van der Waals surface area contributed by atoms with E-state index in [1.165, 1.54) is 57.8 Å². The molecule has 0 saturated heterocycles. The first-order valence-corrected chi connectivity index (χ1v) is 6.42. The topological polar surface area (TPSA) is 35.0 Å². The van der Waals surface area contributed by atoms with Crippen molar-refractivity contribution in [1.29, 1.82) is 0 Å². The van der Waals surface area contributed by atoms with E-state index in [1.54, 1.807) is 0 Å². The van der Waals surface area contributed by atoms with E-state index in [4.69, 9.17) is 0 Å². The van der Waals surface area contributed by atoms with Crippen molar-refractivity contribution in [3.05, 3.63) is 12.7 Å². The van der Waals surface area contributed by atoms with Crippen molar-refractivity contribution in [3.63, 3.8) is 0 Å². The van der Waals surface area contributed by atoms with Crippen molar-refractivity contribution in [1.82, 2.24) is 6.15 Å². The Hall–Kier alpha value is -0.300. The summed E-state index contributed by atoms with van der Waals surface area (Å²) in [7, 11) is 0. The molecular weight excluding hydrogens is 182 g/mol. The van der Waals surface area contributed by atoms with Gasteiger partial charge in [0.15, 0.2) is 0 Å². The van der Waals surface area contributed by atoms with Crippen LogP contribution in [0.2, 0.25) is 0 Å². The molecule has 0 aromatic carbocycles. The van der Waals surface area contributed by atoms with Gasteiger partial charge in [-0.25, -0.2) is 0 Å². The molecule has 1 heteroatoms. The third-order valence-electron chi connectivity index (χ3n) is 2.91. The van der Waals surface area contributed by atoms with Crippen LogP contribution < -0.4 is 6.15 Å². The van der Waals surface area contributed by atoms with Crippen molar-refractivity contribution in [2.75, 3.05) is 0 Å². The van der Waals surface area contributed by atoms with Crippen LogP contribution in [0.5, 0.6) is 0 Å². The summed E-state index contributed by atoms with van der Waals surface area (Å²) in [4.78, 5) is 0. The van der Waals surface area contributed by atoms with Gasteiger partial charge in [0.25, 0.3) is 0 Å². The minimum Gasteiger partial charge on any atom is -0.344 e. The molecule has 0 fully saturated rings. The summed E-state index contributed by atoms with van der Waals surface area (Å²) in [5.74, 6) is 0.953. The van der Waals surface area contributed by atoms with Crippen LogP contribution in [0.15, 0.2) is 12.7 Å². The van der Waals surface area contributed by atoms with Crippen LogP contribution in [0, 0.1) is 5.92 Å². The Bertz CT molecular complexity index is 121. The van der Waals surface area contributed by atoms with E-state index < -0.39 is 0 Å². The molecule has 0 aromatic heterocycles. The minimum atomic E-state index is 0. The average Bonchev–Trinajstić information content (AvgIpc) is 2.20. The molecule has 92 valence electrons. The highest BCUT2D eigenvalue weighted by molar-refractivity contribution is 4.65. The van der Waals surface area contributed by atoms with Gasteiger partial charge in [-0.1, -0.05) is 64.9 Å². The lowest BCUT2D eigenvalue weighted by Crippen LogP contribution is -1.94. The summed E-state index contributed by atoms with van der Waals surface area (Å²) in [6.07, 6.45) is 14.5. The number of hydrogen-bond acceptors (Lipinski definition) is 1. The van der Waals surface area contributed by atoms with Gasteiger partial charge < -0.3 is 6.15 Å². The molecule has 0 spiro atoms. The van der Waals surface area contributed by atoms with Crippen LogP contribution >= 0.6 is 0 Å². The van der Waals surface area contributed by atoms with Gasteiger partial charge in [-0.3, -0.25) is 0 Å². The summed E-state index contributed by atoms with van der Waals surface area (Å²) in [5.41, 5.74) is 0. The number of unbranched alkanes of at least 4 members (excludes halogenated alkanes) is 5. The van der Waals surface area contributed by atoms with Crippen LogP contribution in [-0.2, 0) is 0 Å². The molecular formula is C14H31N. The van der Waals surface area contributed by atoms with E-state index in [-0.39, 0.29) is 6.15 Å². The first-order chi connectivity index (χ1) is 6.81. The fourth-order valence-corrected chi connectivity index (χ4v) is 1.83. The lowest BCUT2D eigenvalue weighted by atomic mass is 9.97. The highest BCUT2D eigenvalue weighted by Gasteiger charge is 2.00. The largest absolute Gasteiger partial charge is 0.344 e. The Labute approximate surface area is 96.9 Å². The zero-order chi connectivity index (χ0) is 10.6. The average molecular weight is 213 g/mol. The lowest BCUT2D eigenvalue weighted by Gasteiger charge is -2.09. The van der Waals surface area contributed by atoms with Gasteiger partial charge in [0.1, 0.15) is 0 Å². The second-order valence-corrected chi connectivity index (χ2v) is 4.53. The van der Waals surface area contributed by atoms with E-state index in [9.17, 15) is 0 Å². The molecule has 0 heterocycles. The first-order valence-electron chi connectivity index (χ1n) is 6.42. The smallest absolute Gasteiger partial charge is 0.0353 e. The van der Waals surface area contributed by atoms with Gasteiger partial charge in [-0.15, -0.1) is 6.58 Å². The molecule has 1 unspecified atom stereocenters. The van der Waals surface area contributed by atoms with Crippen LogP contribution in [0.25, 0.3) is 0 Å². The summed E-state index contributed by atoms with van der Waals surface area (Å²) >= 11 is 0. The maximum Gasteiger partial charge on any atom is -0.0353 e. The number of allylic oxidation sites excluding steroid dienone is 1.